The molecule has 0 fully saturated rings. The van der Waals surface area contributed by atoms with Gasteiger partial charge < -0.3 is 10.1 Å². The highest BCUT2D eigenvalue weighted by atomic mass is 35.5. The van der Waals surface area contributed by atoms with Crippen LogP contribution in [0.3, 0.4) is 0 Å². The minimum absolute atomic E-state index is 0.0262. The quantitative estimate of drug-likeness (QED) is 0.274. The number of nitrogens with zero attached hydrogens (tertiary/aromatic N) is 3. The predicted molar refractivity (Wildman–Crippen MR) is 146 cm³/mol. The number of rotatable bonds is 7. The number of carbonyl (C=O) groups is 1. The number of methoxy groups -OCH3 is 1. The Labute approximate surface area is 224 Å². The zero-order chi connectivity index (χ0) is 26.9. The molecular weight excluding hydrogens is 524 g/mol. The number of para-hydroxylation sites is 1. The highest BCUT2D eigenvalue weighted by molar-refractivity contribution is 7.91. The zero-order valence-corrected chi connectivity index (χ0v) is 22.1. The van der Waals surface area contributed by atoms with Crippen LogP contribution < -0.4 is 10.1 Å². The van der Waals surface area contributed by atoms with E-state index in [2.05, 4.69) is 10.4 Å². The smallest absolute Gasteiger partial charge is 0.256 e. The number of ether oxygens (including phenoxy) is 1. The molecule has 1 amide bonds. The molecule has 8 nitrogen and oxygen atoms in total. The van der Waals surface area contributed by atoms with Crippen LogP contribution in [0.4, 0.5) is 5.69 Å². The summed E-state index contributed by atoms with van der Waals surface area (Å²) in [7, 11) is -2.47. The van der Waals surface area contributed by atoms with Gasteiger partial charge in [0.15, 0.2) is 0 Å². The van der Waals surface area contributed by atoms with Crippen molar-refractivity contribution in [2.75, 3.05) is 12.4 Å². The Kier molecular flexibility index (Phi) is 6.88. The Morgan fingerprint density at radius 2 is 1.79 bits per heavy atom. The van der Waals surface area contributed by atoms with Crippen LogP contribution in [0.25, 0.3) is 22.2 Å². The fourth-order valence-electron chi connectivity index (χ4n) is 4.05. The number of sulfone groups is 1. The predicted octanol–water partition coefficient (Wildman–Crippen LogP) is 5.87. The molecule has 0 aliphatic heterocycles. The van der Waals surface area contributed by atoms with Crippen LogP contribution in [0.5, 0.6) is 5.75 Å². The first-order valence-corrected chi connectivity index (χ1v) is 13.6. The highest BCUT2D eigenvalue weighted by Gasteiger charge is 2.21. The lowest BCUT2D eigenvalue weighted by atomic mass is 10.0. The zero-order valence-electron chi connectivity index (χ0n) is 20.6. The molecule has 0 unspecified atom stereocenters. The van der Waals surface area contributed by atoms with Gasteiger partial charge in [-0.1, -0.05) is 29.8 Å². The second-order valence-corrected chi connectivity index (χ2v) is 10.9. The SMILES string of the molecule is CCn1cc(-c2cc(C(=O)Nc3cc(OC)cc(S(=O)(=O)c4ccc(Cl)cc4)c3)c3ccccc3n2)cn1. The lowest BCUT2D eigenvalue weighted by Gasteiger charge is -2.13. The average molecular weight is 547 g/mol. The van der Waals surface area contributed by atoms with Crippen molar-refractivity contribution in [3.63, 3.8) is 0 Å². The first-order valence-electron chi connectivity index (χ1n) is 11.7. The first kappa shape index (κ1) is 25.4. The Morgan fingerprint density at radius 3 is 2.50 bits per heavy atom. The number of nitrogens with one attached hydrogen (secondary N) is 1. The summed E-state index contributed by atoms with van der Waals surface area (Å²) in [6, 6.07) is 19.3. The van der Waals surface area contributed by atoms with E-state index in [0.717, 1.165) is 5.56 Å². The fraction of sp³-hybridized carbons (Fsp3) is 0.107. The van der Waals surface area contributed by atoms with E-state index in [1.165, 1.54) is 43.5 Å². The van der Waals surface area contributed by atoms with E-state index in [9.17, 15) is 13.2 Å². The summed E-state index contributed by atoms with van der Waals surface area (Å²) in [6.07, 6.45) is 3.58. The van der Waals surface area contributed by atoms with Crippen LogP contribution in [0, 0.1) is 0 Å². The van der Waals surface area contributed by atoms with E-state index >= 15 is 0 Å². The van der Waals surface area contributed by atoms with E-state index < -0.39 is 15.7 Å². The number of aromatic nitrogens is 3. The number of pyridine rings is 1. The highest BCUT2D eigenvalue weighted by Crippen LogP contribution is 2.30. The molecule has 38 heavy (non-hydrogen) atoms. The van der Waals surface area contributed by atoms with Gasteiger partial charge in [-0.2, -0.15) is 5.10 Å². The minimum atomic E-state index is -3.90. The number of aryl methyl sites for hydroxylation is 1. The van der Waals surface area contributed by atoms with Crippen LogP contribution in [0.1, 0.15) is 17.3 Å². The molecule has 0 radical (unpaired) electrons. The van der Waals surface area contributed by atoms with Crippen LogP contribution >= 0.6 is 11.6 Å². The summed E-state index contributed by atoms with van der Waals surface area (Å²) in [4.78, 5) is 18.3. The molecule has 5 aromatic rings. The van der Waals surface area contributed by atoms with Gasteiger partial charge in [0.25, 0.3) is 5.91 Å². The van der Waals surface area contributed by atoms with E-state index in [1.54, 1.807) is 23.0 Å². The molecule has 192 valence electrons. The molecule has 3 aromatic carbocycles. The van der Waals surface area contributed by atoms with Gasteiger partial charge in [-0.3, -0.25) is 9.48 Å². The topological polar surface area (TPSA) is 103 Å². The van der Waals surface area contributed by atoms with E-state index in [-0.39, 0.29) is 21.2 Å². The summed E-state index contributed by atoms with van der Waals surface area (Å²) < 4.78 is 33.7. The summed E-state index contributed by atoms with van der Waals surface area (Å²) >= 11 is 5.92. The van der Waals surface area contributed by atoms with Crippen molar-refractivity contribution >= 4 is 43.9 Å². The molecule has 0 bridgehead atoms. The Morgan fingerprint density at radius 1 is 1.03 bits per heavy atom. The van der Waals surface area contributed by atoms with Gasteiger partial charge in [-0.05, 0) is 55.5 Å². The van der Waals surface area contributed by atoms with Crippen LogP contribution in [0.15, 0.2) is 95.0 Å². The largest absolute Gasteiger partial charge is 0.497 e. The Bertz CT molecular complexity index is 1770. The lowest BCUT2D eigenvalue weighted by Crippen LogP contribution is -2.14. The standard InChI is InChI=1S/C28H23ClN4O4S/c1-3-33-17-18(16-30-33)27-15-25(24-6-4-5-7-26(24)32-27)28(34)31-20-12-21(37-2)14-23(13-20)38(35,36)22-10-8-19(29)9-11-22/h4-17H,3H2,1-2H3,(H,31,34). The van der Waals surface area contributed by atoms with Gasteiger partial charge in [0.2, 0.25) is 9.84 Å². The third-order valence-electron chi connectivity index (χ3n) is 6.02. The van der Waals surface area contributed by atoms with E-state index in [4.69, 9.17) is 21.3 Å². The van der Waals surface area contributed by atoms with Crippen LogP contribution in [-0.2, 0) is 16.4 Å². The van der Waals surface area contributed by atoms with E-state index in [1.807, 2.05) is 37.4 Å². The summed E-state index contributed by atoms with van der Waals surface area (Å²) in [5.41, 5.74) is 2.69. The third kappa shape index (κ3) is 4.98. The fourth-order valence-corrected chi connectivity index (χ4v) is 5.49. The van der Waals surface area contributed by atoms with Crippen LogP contribution in [0.2, 0.25) is 5.02 Å². The molecule has 0 aliphatic carbocycles. The molecule has 1 N–H and O–H groups in total. The number of halogens is 1. The van der Waals surface area contributed by atoms with Crippen molar-refractivity contribution in [1.82, 2.24) is 14.8 Å². The molecule has 10 heteroatoms. The molecule has 0 aliphatic rings. The van der Waals surface area contributed by atoms with Gasteiger partial charge in [0.05, 0.1) is 39.9 Å². The third-order valence-corrected chi connectivity index (χ3v) is 8.02. The number of amides is 1. The summed E-state index contributed by atoms with van der Waals surface area (Å²) in [5.74, 6) is -0.140. The second kappa shape index (κ2) is 10.3. The van der Waals surface area contributed by atoms with Gasteiger partial charge in [0.1, 0.15) is 5.75 Å². The first-order chi connectivity index (χ1) is 18.3. The van der Waals surface area contributed by atoms with Gasteiger partial charge in [0, 0.05) is 40.5 Å². The van der Waals surface area contributed by atoms with Gasteiger partial charge >= 0.3 is 0 Å². The van der Waals surface area contributed by atoms with Crippen molar-refractivity contribution in [3.05, 3.63) is 95.8 Å². The number of carbonyl (C=O) groups excluding carboxylic acids is 1. The number of hydrogen-bond donors (Lipinski definition) is 1. The average Bonchev–Trinajstić information content (AvgIpc) is 3.42. The molecule has 0 atom stereocenters. The normalized spacial score (nSPS) is 11.4. The van der Waals surface area contributed by atoms with Crippen molar-refractivity contribution in [1.29, 1.82) is 0 Å². The van der Waals surface area contributed by atoms with Gasteiger partial charge in [-0.25, -0.2) is 13.4 Å². The van der Waals surface area contributed by atoms with Crippen molar-refractivity contribution in [3.8, 4) is 17.0 Å². The number of benzene rings is 3. The lowest BCUT2D eigenvalue weighted by molar-refractivity contribution is 0.102. The van der Waals surface area contributed by atoms with Crippen molar-refractivity contribution in [2.24, 2.45) is 0 Å². The molecule has 2 aromatic heterocycles. The second-order valence-electron chi connectivity index (χ2n) is 8.47. The van der Waals surface area contributed by atoms with Crippen molar-refractivity contribution in [2.45, 2.75) is 23.3 Å². The number of anilines is 1. The number of hydrogen-bond acceptors (Lipinski definition) is 6. The summed E-state index contributed by atoms with van der Waals surface area (Å²) in [5, 5.41) is 8.24. The van der Waals surface area contributed by atoms with Gasteiger partial charge in [-0.15, -0.1) is 0 Å². The Balaban J connectivity index is 1.55. The van der Waals surface area contributed by atoms with Crippen molar-refractivity contribution < 1.29 is 17.9 Å². The monoisotopic (exact) mass is 546 g/mol. The molecular formula is C28H23ClN4O4S. The maximum atomic E-state index is 13.6. The maximum absolute atomic E-state index is 13.6. The van der Waals surface area contributed by atoms with Crippen LogP contribution in [-0.4, -0.2) is 36.2 Å². The molecule has 0 spiro atoms. The molecule has 5 rings (SSSR count). The Hall–Kier alpha value is -4.21. The van der Waals surface area contributed by atoms with E-state index in [0.29, 0.717) is 33.7 Å². The molecule has 0 saturated carbocycles. The maximum Gasteiger partial charge on any atom is 0.256 e. The molecule has 0 saturated heterocycles. The number of fused-ring (bicyclic) bond motifs is 1. The molecule has 2 heterocycles. The summed E-state index contributed by atoms with van der Waals surface area (Å²) in [6.45, 7) is 2.69. The minimum Gasteiger partial charge on any atom is -0.497 e.